The van der Waals surface area contributed by atoms with Crippen LogP contribution in [0.15, 0.2) is 54.9 Å². The quantitative estimate of drug-likeness (QED) is 0.620. The number of nitrogens with zero attached hydrogens (tertiary/aromatic N) is 2. The maximum Gasteiger partial charge on any atom is 0.258 e. The number of carbonyl (C=O) groups is 1. The topological polar surface area (TPSA) is 66.9 Å². The van der Waals surface area contributed by atoms with Gasteiger partial charge in [-0.15, -0.1) is 0 Å². The lowest BCUT2D eigenvalue weighted by Gasteiger charge is -2.08. The predicted molar refractivity (Wildman–Crippen MR) is 101 cm³/mol. The van der Waals surface area contributed by atoms with Crippen molar-refractivity contribution in [3.63, 3.8) is 0 Å². The summed E-state index contributed by atoms with van der Waals surface area (Å²) in [5.74, 6) is -0.00865. The van der Waals surface area contributed by atoms with Crippen molar-refractivity contribution in [3.05, 3.63) is 75.5 Å². The Hall–Kier alpha value is -2.34. The Morgan fingerprint density at radius 1 is 0.880 bits per heavy atom. The van der Waals surface area contributed by atoms with Crippen LogP contribution in [0.3, 0.4) is 0 Å². The van der Waals surface area contributed by atoms with Gasteiger partial charge in [0.1, 0.15) is 0 Å². The summed E-state index contributed by atoms with van der Waals surface area (Å²) in [6.45, 7) is 0. The Morgan fingerprint density at radius 2 is 1.52 bits per heavy atom. The number of hydrogen-bond donors (Lipinski definition) is 2. The van der Waals surface area contributed by atoms with E-state index in [-0.39, 0.29) is 5.91 Å². The summed E-state index contributed by atoms with van der Waals surface area (Å²) in [5, 5.41) is 7.18. The van der Waals surface area contributed by atoms with Gasteiger partial charge in [0.25, 0.3) is 5.91 Å². The summed E-state index contributed by atoms with van der Waals surface area (Å²) in [7, 11) is 0. The molecule has 8 heteroatoms. The highest BCUT2D eigenvalue weighted by molar-refractivity contribution is 6.36. The van der Waals surface area contributed by atoms with Crippen LogP contribution in [0.5, 0.6) is 0 Å². The Balaban J connectivity index is 1.68. The van der Waals surface area contributed by atoms with E-state index >= 15 is 0 Å². The first kappa shape index (κ1) is 17.5. The van der Waals surface area contributed by atoms with E-state index in [1.165, 1.54) is 12.4 Å². The van der Waals surface area contributed by atoms with Crippen molar-refractivity contribution < 1.29 is 4.79 Å². The molecule has 1 aromatic heterocycles. The smallest absolute Gasteiger partial charge is 0.258 e. The molecule has 0 spiro atoms. The third-order valence-corrected chi connectivity index (χ3v) is 3.99. The van der Waals surface area contributed by atoms with E-state index in [2.05, 4.69) is 20.6 Å². The number of benzene rings is 2. The summed E-state index contributed by atoms with van der Waals surface area (Å²) in [6, 6.07) is 11.9. The molecule has 3 aromatic rings. The fourth-order valence-corrected chi connectivity index (χ4v) is 2.54. The van der Waals surface area contributed by atoms with Gasteiger partial charge >= 0.3 is 0 Å². The second kappa shape index (κ2) is 7.70. The van der Waals surface area contributed by atoms with Crippen LogP contribution in [0, 0.1) is 0 Å². The van der Waals surface area contributed by atoms with Gasteiger partial charge in [0.05, 0.1) is 16.3 Å². The normalized spacial score (nSPS) is 10.4. The molecule has 0 aliphatic carbocycles. The molecule has 0 radical (unpaired) electrons. The number of nitrogens with one attached hydrogen (secondary N) is 2. The van der Waals surface area contributed by atoms with Crippen LogP contribution in [0.1, 0.15) is 10.4 Å². The molecule has 0 unspecified atom stereocenters. The summed E-state index contributed by atoms with van der Waals surface area (Å²) in [4.78, 5) is 20.5. The van der Waals surface area contributed by atoms with Gasteiger partial charge in [0.15, 0.2) is 0 Å². The highest BCUT2D eigenvalue weighted by Gasteiger charge is 2.10. The van der Waals surface area contributed by atoms with Gasteiger partial charge in [-0.2, -0.15) is 0 Å². The molecular formula is C17H11Cl3N4O. The number of rotatable bonds is 4. The minimum atomic E-state index is -0.373. The Bertz CT molecular complexity index is 899. The van der Waals surface area contributed by atoms with Gasteiger partial charge in [-0.3, -0.25) is 4.79 Å². The lowest BCUT2D eigenvalue weighted by atomic mass is 10.2. The standard InChI is InChI=1S/C17H11Cl3N4O/c18-11-1-4-13(5-2-11)23-17-21-8-10(9-22-17)16(25)24-15-6-3-12(19)7-14(15)20/h1-9H,(H,24,25)(H,21,22,23). The molecule has 2 N–H and O–H groups in total. The SMILES string of the molecule is O=C(Nc1ccc(Cl)cc1Cl)c1cnc(Nc2ccc(Cl)cc2)nc1. The molecule has 0 saturated heterocycles. The van der Waals surface area contributed by atoms with E-state index in [1.807, 2.05) is 0 Å². The molecule has 0 fully saturated rings. The number of carbonyl (C=O) groups excluding carboxylic acids is 1. The van der Waals surface area contributed by atoms with E-state index in [9.17, 15) is 4.79 Å². The highest BCUT2D eigenvalue weighted by Crippen LogP contribution is 2.25. The molecule has 2 aromatic carbocycles. The molecule has 126 valence electrons. The van der Waals surface area contributed by atoms with Gasteiger partial charge in [-0.1, -0.05) is 34.8 Å². The fraction of sp³-hybridized carbons (Fsp3) is 0. The van der Waals surface area contributed by atoms with Gasteiger partial charge in [-0.25, -0.2) is 9.97 Å². The van der Waals surface area contributed by atoms with Gasteiger partial charge in [-0.05, 0) is 42.5 Å². The Kier molecular flexibility index (Phi) is 5.38. The van der Waals surface area contributed by atoms with Crippen molar-refractivity contribution in [1.29, 1.82) is 0 Å². The lowest BCUT2D eigenvalue weighted by molar-refractivity contribution is 0.102. The van der Waals surface area contributed by atoms with Gasteiger partial charge < -0.3 is 10.6 Å². The third-order valence-electron chi connectivity index (χ3n) is 3.19. The van der Waals surface area contributed by atoms with E-state index in [1.54, 1.807) is 42.5 Å². The van der Waals surface area contributed by atoms with Crippen molar-refractivity contribution in [2.24, 2.45) is 0 Å². The zero-order valence-corrected chi connectivity index (χ0v) is 14.9. The molecule has 0 aliphatic heterocycles. The van der Waals surface area contributed by atoms with Crippen LogP contribution in [-0.4, -0.2) is 15.9 Å². The van der Waals surface area contributed by atoms with Crippen molar-refractivity contribution in [1.82, 2.24) is 9.97 Å². The number of halogens is 3. The zero-order chi connectivity index (χ0) is 17.8. The van der Waals surface area contributed by atoms with E-state index < -0.39 is 0 Å². The van der Waals surface area contributed by atoms with Crippen molar-refractivity contribution in [3.8, 4) is 0 Å². The molecule has 0 bridgehead atoms. The number of aromatic nitrogens is 2. The Labute approximate surface area is 159 Å². The highest BCUT2D eigenvalue weighted by atomic mass is 35.5. The molecule has 0 aliphatic rings. The van der Waals surface area contributed by atoms with Crippen LogP contribution < -0.4 is 10.6 Å². The predicted octanol–water partition coefficient (Wildman–Crippen LogP) is 5.43. The molecule has 1 heterocycles. The molecule has 0 atom stereocenters. The average Bonchev–Trinajstić information content (AvgIpc) is 2.60. The molecule has 0 saturated carbocycles. The molecule has 25 heavy (non-hydrogen) atoms. The van der Waals surface area contributed by atoms with Crippen LogP contribution in [0.4, 0.5) is 17.3 Å². The first-order valence-corrected chi connectivity index (χ1v) is 8.26. The average molecular weight is 394 g/mol. The van der Waals surface area contributed by atoms with Crippen LogP contribution in [0.25, 0.3) is 0 Å². The lowest BCUT2D eigenvalue weighted by Crippen LogP contribution is -2.13. The second-order valence-electron chi connectivity index (χ2n) is 5.01. The maximum absolute atomic E-state index is 12.2. The van der Waals surface area contributed by atoms with Crippen LogP contribution in [0.2, 0.25) is 15.1 Å². The third kappa shape index (κ3) is 4.60. The van der Waals surface area contributed by atoms with Crippen molar-refractivity contribution >= 4 is 58.0 Å². The van der Waals surface area contributed by atoms with Gasteiger partial charge in [0, 0.05) is 28.1 Å². The minimum Gasteiger partial charge on any atom is -0.324 e. The van der Waals surface area contributed by atoms with E-state index in [4.69, 9.17) is 34.8 Å². The van der Waals surface area contributed by atoms with E-state index in [0.29, 0.717) is 32.3 Å². The van der Waals surface area contributed by atoms with Crippen LogP contribution >= 0.6 is 34.8 Å². The number of anilines is 3. The summed E-state index contributed by atoms with van der Waals surface area (Å²) in [6.07, 6.45) is 2.84. The summed E-state index contributed by atoms with van der Waals surface area (Å²) in [5.41, 5.74) is 1.54. The van der Waals surface area contributed by atoms with Crippen LogP contribution in [-0.2, 0) is 0 Å². The first-order valence-electron chi connectivity index (χ1n) is 7.12. The van der Waals surface area contributed by atoms with Gasteiger partial charge in [0.2, 0.25) is 5.95 Å². The fourth-order valence-electron chi connectivity index (χ4n) is 1.96. The molecule has 5 nitrogen and oxygen atoms in total. The maximum atomic E-state index is 12.2. The first-order chi connectivity index (χ1) is 12.0. The molecule has 1 amide bonds. The summed E-state index contributed by atoms with van der Waals surface area (Å²) >= 11 is 17.7. The summed E-state index contributed by atoms with van der Waals surface area (Å²) < 4.78 is 0. The Morgan fingerprint density at radius 3 is 2.16 bits per heavy atom. The van der Waals surface area contributed by atoms with E-state index in [0.717, 1.165) is 5.69 Å². The largest absolute Gasteiger partial charge is 0.324 e. The zero-order valence-electron chi connectivity index (χ0n) is 12.6. The minimum absolute atomic E-state index is 0.299. The van der Waals surface area contributed by atoms with Crippen molar-refractivity contribution in [2.45, 2.75) is 0 Å². The number of amides is 1. The molecule has 3 rings (SSSR count). The number of hydrogen-bond acceptors (Lipinski definition) is 4. The monoisotopic (exact) mass is 392 g/mol. The second-order valence-corrected chi connectivity index (χ2v) is 6.29. The molecular weight excluding hydrogens is 383 g/mol. The van der Waals surface area contributed by atoms with Crippen molar-refractivity contribution in [2.75, 3.05) is 10.6 Å².